The van der Waals surface area contributed by atoms with E-state index in [1.165, 1.54) is 0 Å². The highest BCUT2D eigenvalue weighted by molar-refractivity contribution is 5.76. The molecule has 0 aromatic rings. The lowest BCUT2D eigenvalue weighted by Crippen LogP contribution is -2.32. The Labute approximate surface area is 103 Å². The van der Waals surface area contributed by atoms with E-state index in [4.69, 9.17) is 0 Å². The summed E-state index contributed by atoms with van der Waals surface area (Å²) in [4.78, 5) is 21.9. The Balaban J connectivity index is 3.13. The summed E-state index contributed by atoms with van der Waals surface area (Å²) < 4.78 is 0. The predicted molar refractivity (Wildman–Crippen MR) is 67.7 cm³/mol. The molecular formula is C11H24N4O2. The van der Waals surface area contributed by atoms with Crippen LogP contribution in [0.3, 0.4) is 0 Å². The van der Waals surface area contributed by atoms with E-state index in [1.54, 1.807) is 7.05 Å². The van der Waals surface area contributed by atoms with Crippen molar-refractivity contribution >= 4 is 11.8 Å². The van der Waals surface area contributed by atoms with E-state index >= 15 is 0 Å². The average Bonchev–Trinajstić information content (AvgIpc) is 2.32. The zero-order chi connectivity index (χ0) is 12.9. The molecule has 17 heavy (non-hydrogen) atoms. The Morgan fingerprint density at radius 1 is 0.882 bits per heavy atom. The summed E-state index contributed by atoms with van der Waals surface area (Å²) in [7, 11) is 1.63. The molecule has 2 amide bonds. The van der Waals surface area contributed by atoms with Crippen molar-refractivity contribution in [2.75, 3.05) is 39.8 Å². The van der Waals surface area contributed by atoms with Crippen molar-refractivity contribution in [3.8, 4) is 0 Å². The van der Waals surface area contributed by atoms with Gasteiger partial charge in [0.2, 0.25) is 11.8 Å². The molecule has 0 unspecified atom stereocenters. The molecule has 0 saturated carbocycles. The van der Waals surface area contributed by atoms with Crippen LogP contribution in [-0.2, 0) is 9.59 Å². The third kappa shape index (κ3) is 11.1. The van der Waals surface area contributed by atoms with E-state index in [-0.39, 0.29) is 11.8 Å². The van der Waals surface area contributed by atoms with Crippen LogP contribution in [0.2, 0.25) is 0 Å². The van der Waals surface area contributed by atoms with Gasteiger partial charge in [0.05, 0.1) is 0 Å². The molecule has 0 spiro atoms. The van der Waals surface area contributed by atoms with Crippen molar-refractivity contribution in [1.29, 1.82) is 0 Å². The minimum Gasteiger partial charge on any atom is -0.359 e. The molecule has 100 valence electrons. The SMILES string of the molecule is CCNC(=O)CCNCCNCCC(=O)NC. The Morgan fingerprint density at radius 2 is 1.41 bits per heavy atom. The highest BCUT2D eigenvalue weighted by Gasteiger charge is 1.98. The summed E-state index contributed by atoms with van der Waals surface area (Å²) in [6.07, 6.45) is 1.00. The number of nitrogens with one attached hydrogen (secondary N) is 4. The molecule has 0 aromatic carbocycles. The first kappa shape index (κ1) is 15.9. The number of amides is 2. The largest absolute Gasteiger partial charge is 0.359 e. The van der Waals surface area contributed by atoms with Crippen molar-refractivity contribution in [1.82, 2.24) is 21.3 Å². The van der Waals surface area contributed by atoms with Crippen molar-refractivity contribution in [2.24, 2.45) is 0 Å². The molecular weight excluding hydrogens is 220 g/mol. The third-order valence-corrected chi connectivity index (χ3v) is 2.19. The summed E-state index contributed by atoms with van der Waals surface area (Å²) in [5, 5.41) is 11.6. The van der Waals surface area contributed by atoms with E-state index in [1.807, 2.05) is 6.92 Å². The molecule has 6 nitrogen and oxygen atoms in total. The van der Waals surface area contributed by atoms with Gasteiger partial charge in [0, 0.05) is 52.6 Å². The van der Waals surface area contributed by atoms with Gasteiger partial charge in [-0.3, -0.25) is 9.59 Å². The number of carbonyl (C=O) groups excluding carboxylic acids is 2. The highest BCUT2D eigenvalue weighted by atomic mass is 16.2. The summed E-state index contributed by atoms with van der Waals surface area (Å²) in [5.74, 6) is 0.120. The van der Waals surface area contributed by atoms with Crippen LogP contribution in [0, 0.1) is 0 Å². The van der Waals surface area contributed by atoms with Crippen molar-refractivity contribution in [3.05, 3.63) is 0 Å². The molecule has 0 aliphatic rings. The maximum atomic E-state index is 11.1. The number of hydrogen-bond donors (Lipinski definition) is 4. The lowest BCUT2D eigenvalue weighted by molar-refractivity contribution is -0.121. The number of carbonyl (C=O) groups is 2. The van der Waals surface area contributed by atoms with Crippen LogP contribution in [0.4, 0.5) is 0 Å². The zero-order valence-corrected chi connectivity index (χ0v) is 10.8. The second kappa shape index (κ2) is 11.3. The van der Waals surface area contributed by atoms with Gasteiger partial charge in [-0.15, -0.1) is 0 Å². The molecule has 4 N–H and O–H groups in total. The molecule has 0 heterocycles. The first-order chi connectivity index (χ1) is 8.20. The first-order valence-corrected chi connectivity index (χ1v) is 6.09. The summed E-state index contributed by atoms with van der Waals surface area (Å²) in [6, 6.07) is 0. The predicted octanol–water partition coefficient (Wildman–Crippen LogP) is -1.17. The highest BCUT2D eigenvalue weighted by Crippen LogP contribution is 1.77. The molecule has 0 rings (SSSR count). The van der Waals surface area contributed by atoms with Crippen molar-refractivity contribution in [3.63, 3.8) is 0 Å². The van der Waals surface area contributed by atoms with Crippen LogP contribution < -0.4 is 21.3 Å². The zero-order valence-electron chi connectivity index (χ0n) is 10.8. The second-order valence-corrected chi connectivity index (χ2v) is 3.63. The van der Waals surface area contributed by atoms with Crippen LogP contribution >= 0.6 is 0 Å². The summed E-state index contributed by atoms with van der Waals surface area (Å²) in [5.41, 5.74) is 0. The number of rotatable bonds is 10. The standard InChI is InChI=1S/C11H24N4O2/c1-3-15-11(17)5-7-14-9-8-13-6-4-10(16)12-2/h13-14H,3-9H2,1-2H3,(H,12,16)(H,15,17). The van der Waals surface area contributed by atoms with Gasteiger partial charge in [-0.1, -0.05) is 0 Å². The third-order valence-electron chi connectivity index (χ3n) is 2.19. The fourth-order valence-corrected chi connectivity index (χ4v) is 1.24. The molecule has 0 aliphatic heterocycles. The summed E-state index contributed by atoms with van der Waals surface area (Å²) >= 11 is 0. The monoisotopic (exact) mass is 244 g/mol. The van der Waals surface area contributed by atoms with Gasteiger partial charge in [0.25, 0.3) is 0 Å². The minimum absolute atomic E-state index is 0.0432. The van der Waals surface area contributed by atoms with Crippen LogP contribution in [0.5, 0.6) is 0 Å². The van der Waals surface area contributed by atoms with Crippen LogP contribution in [-0.4, -0.2) is 51.6 Å². The van der Waals surface area contributed by atoms with E-state index in [0.717, 1.165) is 13.1 Å². The van der Waals surface area contributed by atoms with Gasteiger partial charge < -0.3 is 21.3 Å². The van der Waals surface area contributed by atoms with E-state index < -0.39 is 0 Å². The second-order valence-electron chi connectivity index (χ2n) is 3.63. The number of hydrogen-bond acceptors (Lipinski definition) is 4. The van der Waals surface area contributed by atoms with E-state index in [0.29, 0.717) is 32.5 Å². The lowest BCUT2D eigenvalue weighted by Gasteiger charge is -2.06. The van der Waals surface area contributed by atoms with Gasteiger partial charge in [0.15, 0.2) is 0 Å². The minimum atomic E-state index is 0.0432. The quantitative estimate of drug-likeness (QED) is 0.365. The maximum Gasteiger partial charge on any atom is 0.221 e. The average molecular weight is 244 g/mol. The molecule has 6 heteroatoms. The maximum absolute atomic E-state index is 11.1. The van der Waals surface area contributed by atoms with Gasteiger partial charge in [0.1, 0.15) is 0 Å². The fraction of sp³-hybridized carbons (Fsp3) is 0.818. The normalized spacial score (nSPS) is 10.0. The van der Waals surface area contributed by atoms with E-state index in [9.17, 15) is 9.59 Å². The van der Waals surface area contributed by atoms with Crippen LogP contribution in [0.1, 0.15) is 19.8 Å². The Kier molecular flexibility index (Phi) is 10.6. The van der Waals surface area contributed by atoms with Gasteiger partial charge >= 0.3 is 0 Å². The van der Waals surface area contributed by atoms with Gasteiger partial charge in [-0.05, 0) is 6.92 Å². The Bertz CT molecular complexity index is 222. The fourth-order valence-electron chi connectivity index (χ4n) is 1.24. The van der Waals surface area contributed by atoms with Crippen molar-refractivity contribution in [2.45, 2.75) is 19.8 Å². The molecule has 0 aromatic heterocycles. The van der Waals surface area contributed by atoms with Crippen molar-refractivity contribution < 1.29 is 9.59 Å². The van der Waals surface area contributed by atoms with Gasteiger partial charge in [-0.2, -0.15) is 0 Å². The molecule has 0 aliphatic carbocycles. The lowest BCUT2D eigenvalue weighted by atomic mass is 10.4. The smallest absolute Gasteiger partial charge is 0.221 e. The topological polar surface area (TPSA) is 82.3 Å². The van der Waals surface area contributed by atoms with Gasteiger partial charge in [-0.25, -0.2) is 0 Å². The van der Waals surface area contributed by atoms with Crippen LogP contribution in [0.25, 0.3) is 0 Å². The molecule has 0 saturated heterocycles. The molecule has 0 bridgehead atoms. The summed E-state index contributed by atoms with van der Waals surface area (Å²) in [6.45, 7) is 5.54. The molecule has 0 atom stereocenters. The Hall–Kier alpha value is -1.14. The molecule has 0 radical (unpaired) electrons. The molecule has 0 fully saturated rings. The van der Waals surface area contributed by atoms with E-state index in [2.05, 4.69) is 21.3 Å². The van der Waals surface area contributed by atoms with Crippen LogP contribution in [0.15, 0.2) is 0 Å². The Morgan fingerprint density at radius 3 is 1.88 bits per heavy atom. The first-order valence-electron chi connectivity index (χ1n) is 6.09.